The Morgan fingerprint density at radius 1 is 1.32 bits per heavy atom. The summed E-state index contributed by atoms with van der Waals surface area (Å²) >= 11 is 5.91. The number of furan rings is 1. The average Bonchev–Trinajstić information content (AvgIpc) is 2.88. The highest BCUT2D eigenvalue weighted by Crippen LogP contribution is 2.24. The maximum absolute atomic E-state index is 13.7. The number of hydrogen-bond acceptors (Lipinski definition) is 2. The second-order valence-corrected chi connectivity index (χ2v) is 4.88. The molecule has 0 saturated carbocycles. The van der Waals surface area contributed by atoms with E-state index in [9.17, 15) is 4.39 Å². The molecule has 0 spiro atoms. The van der Waals surface area contributed by atoms with Crippen LogP contribution >= 0.6 is 11.6 Å². The Labute approximate surface area is 117 Å². The molecular weight excluding hydrogens is 265 g/mol. The fourth-order valence-corrected chi connectivity index (χ4v) is 2.23. The number of rotatable bonds is 5. The molecule has 0 aliphatic carbocycles. The third-order valence-corrected chi connectivity index (χ3v) is 3.39. The molecule has 1 unspecified atom stereocenters. The van der Waals surface area contributed by atoms with Crippen molar-refractivity contribution >= 4 is 11.6 Å². The van der Waals surface area contributed by atoms with E-state index < -0.39 is 0 Å². The minimum atomic E-state index is -0.244. The molecular formula is C15H17ClFNO. The summed E-state index contributed by atoms with van der Waals surface area (Å²) < 4.78 is 19.4. The highest BCUT2D eigenvalue weighted by atomic mass is 35.5. The number of hydrogen-bond donors (Lipinski definition) is 1. The molecule has 0 saturated heterocycles. The van der Waals surface area contributed by atoms with Crippen LogP contribution in [0.25, 0.3) is 0 Å². The highest BCUT2D eigenvalue weighted by Gasteiger charge is 2.16. The SMILES string of the molecule is CCc1ccc(C(Cc2cc(Cl)ccc2F)NC)o1. The summed E-state index contributed by atoms with van der Waals surface area (Å²) in [4.78, 5) is 0. The van der Waals surface area contributed by atoms with E-state index in [1.165, 1.54) is 6.07 Å². The third kappa shape index (κ3) is 3.37. The molecule has 2 nitrogen and oxygen atoms in total. The van der Waals surface area contributed by atoms with Gasteiger partial charge in [-0.15, -0.1) is 0 Å². The first-order chi connectivity index (χ1) is 9.13. The summed E-state index contributed by atoms with van der Waals surface area (Å²) in [6, 6.07) is 8.43. The van der Waals surface area contributed by atoms with Gasteiger partial charge in [-0.25, -0.2) is 4.39 Å². The molecule has 0 aliphatic rings. The molecule has 102 valence electrons. The van der Waals surface area contributed by atoms with Crippen LogP contribution in [-0.4, -0.2) is 7.05 Å². The largest absolute Gasteiger partial charge is 0.464 e. The maximum atomic E-state index is 13.7. The average molecular weight is 282 g/mol. The van der Waals surface area contributed by atoms with Gasteiger partial charge in [-0.1, -0.05) is 18.5 Å². The van der Waals surface area contributed by atoms with Crippen LogP contribution in [0.4, 0.5) is 4.39 Å². The Hall–Kier alpha value is -1.32. The van der Waals surface area contributed by atoms with E-state index in [0.717, 1.165) is 17.9 Å². The van der Waals surface area contributed by atoms with Gasteiger partial charge in [0, 0.05) is 11.4 Å². The van der Waals surface area contributed by atoms with Crippen molar-refractivity contribution in [3.63, 3.8) is 0 Å². The van der Waals surface area contributed by atoms with Gasteiger partial charge in [0.1, 0.15) is 17.3 Å². The van der Waals surface area contributed by atoms with Crippen molar-refractivity contribution in [2.24, 2.45) is 0 Å². The van der Waals surface area contributed by atoms with E-state index in [1.54, 1.807) is 12.1 Å². The summed E-state index contributed by atoms with van der Waals surface area (Å²) in [7, 11) is 1.83. The van der Waals surface area contributed by atoms with Crippen molar-refractivity contribution in [1.82, 2.24) is 5.32 Å². The first kappa shape index (κ1) is 14.1. The van der Waals surface area contributed by atoms with Gasteiger partial charge in [-0.05, 0) is 49.4 Å². The Morgan fingerprint density at radius 3 is 2.74 bits per heavy atom. The van der Waals surface area contributed by atoms with Gasteiger partial charge in [-0.2, -0.15) is 0 Å². The second kappa shape index (κ2) is 6.22. The fourth-order valence-electron chi connectivity index (χ4n) is 2.04. The highest BCUT2D eigenvalue weighted by molar-refractivity contribution is 6.30. The molecule has 0 fully saturated rings. The zero-order valence-electron chi connectivity index (χ0n) is 11.0. The summed E-state index contributed by atoms with van der Waals surface area (Å²) in [5, 5.41) is 3.69. The van der Waals surface area contributed by atoms with E-state index >= 15 is 0 Å². The van der Waals surface area contributed by atoms with Crippen LogP contribution in [0.5, 0.6) is 0 Å². The lowest BCUT2D eigenvalue weighted by atomic mass is 10.0. The van der Waals surface area contributed by atoms with Crippen molar-refractivity contribution < 1.29 is 8.81 Å². The minimum Gasteiger partial charge on any atom is -0.464 e. The van der Waals surface area contributed by atoms with E-state index in [4.69, 9.17) is 16.0 Å². The van der Waals surface area contributed by atoms with Crippen LogP contribution in [0.3, 0.4) is 0 Å². The number of benzene rings is 1. The lowest BCUT2D eigenvalue weighted by Gasteiger charge is -2.14. The predicted molar refractivity (Wildman–Crippen MR) is 75.0 cm³/mol. The molecule has 1 heterocycles. The Bertz CT molecular complexity index is 553. The number of nitrogens with one attached hydrogen (secondary N) is 1. The zero-order chi connectivity index (χ0) is 13.8. The van der Waals surface area contributed by atoms with Gasteiger partial charge < -0.3 is 9.73 Å². The molecule has 0 radical (unpaired) electrons. The van der Waals surface area contributed by atoms with E-state index in [-0.39, 0.29) is 11.9 Å². The minimum absolute atomic E-state index is 0.0618. The summed E-state index contributed by atoms with van der Waals surface area (Å²) in [6.45, 7) is 2.04. The molecule has 19 heavy (non-hydrogen) atoms. The zero-order valence-corrected chi connectivity index (χ0v) is 11.8. The number of likely N-dealkylation sites (N-methyl/N-ethyl adjacent to an activating group) is 1. The fraction of sp³-hybridized carbons (Fsp3) is 0.333. The smallest absolute Gasteiger partial charge is 0.126 e. The molecule has 0 aliphatic heterocycles. The normalized spacial score (nSPS) is 12.6. The van der Waals surface area contributed by atoms with Crippen molar-refractivity contribution in [3.05, 3.63) is 58.3 Å². The van der Waals surface area contributed by atoms with Crippen molar-refractivity contribution in [1.29, 1.82) is 0 Å². The van der Waals surface area contributed by atoms with Crippen LogP contribution in [0.1, 0.15) is 30.0 Å². The molecule has 0 bridgehead atoms. The molecule has 2 aromatic rings. The molecule has 1 aromatic carbocycles. The van der Waals surface area contributed by atoms with Gasteiger partial charge in [0.15, 0.2) is 0 Å². The topological polar surface area (TPSA) is 25.2 Å². The monoisotopic (exact) mass is 281 g/mol. The van der Waals surface area contributed by atoms with Gasteiger partial charge in [0.25, 0.3) is 0 Å². The van der Waals surface area contributed by atoms with Crippen molar-refractivity contribution in [2.45, 2.75) is 25.8 Å². The van der Waals surface area contributed by atoms with Gasteiger partial charge >= 0.3 is 0 Å². The van der Waals surface area contributed by atoms with E-state index in [2.05, 4.69) is 5.32 Å². The molecule has 4 heteroatoms. The Balaban J connectivity index is 2.21. The first-order valence-corrected chi connectivity index (χ1v) is 6.71. The molecule has 1 atom stereocenters. The van der Waals surface area contributed by atoms with Crippen LogP contribution in [-0.2, 0) is 12.8 Å². The van der Waals surface area contributed by atoms with E-state index in [1.807, 2.05) is 26.1 Å². The first-order valence-electron chi connectivity index (χ1n) is 6.33. The quantitative estimate of drug-likeness (QED) is 0.891. The molecule has 1 N–H and O–H groups in total. The number of halogens is 2. The molecule has 0 amide bonds. The molecule has 2 rings (SSSR count). The summed E-state index contributed by atoms with van der Waals surface area (Å²) in [5.74, 6) is 1.51. The molecule has 1 aromatic heterocycles. The Kier molecular flexibility index (Phi) is 4.61. The maximum Gasteiger partial charge on any atom is 0.126 e. The standard InChI is InChI=1S/C15H17ClFNO/c1-3-12-5-7-15(19-12)14(18-2)9-10-8-11(16)4-6-13(10)17/h4-8,14,18H,3,9H2,1-2H3. The van der Waals surface area contributed by atoms with Gasteiger partial charge in [0.05, 0.1) is 6.04 Å². The lowest BCUT2D eigenvalue weighted by molar-refractivity contribution is 0.404. The Morgan fingerprint density at radius 2 is 2.11 bits per heavy atom. The summed E-state index contributed by atoms with van der Waals surface area (Å²) in [6.07, 6.45) is 1.35. The predicted octanol–water partition coefficient (Wildman–Crippen LogP) is 4.14. The van der Waals surface area contributed by atoms with Crippen LogP contribution in [0.15, 0.2) is 34.7 Å². The lowest BCUT2D eigenvalue weighted by Crippen LogP contribution is -2.18. The van der Waals surface area contributed by atoms with Crippen molar-refractivity contribution in [3.8, 4) is 0 Å². The number of aryl methyl sites for hydroxylation is 1. The second-order valence-electron chi connectivity index (χ2n) is 4.44. The van der Waals surface area contributed by atoms with Gasteiger partial charge in [-0.3, -0.25) is 0 Å². The van der Waals surface area contributed by atoms with Crippen LogP contribution in [0, 0.1) is 5.82 Å². The van der Waals surface area contributed by atoms with Crippen LogP contribution in [0.2, 0.25) is 5.02 Å². The van der Waals surface area contributed by atoms with Crippen molar-refractivity contribution in [2.75, 3.05) is 7.05 Å². The van der Waals surface area contributed by atoms with Gasteiger partial charge in [0.2, 0.25) is 0 Å². The van der Waals surface area contributed by atoms with Crippen LogP contribution < -0.4 is 5.32 Å². The third-order valence-electron chi connectivity index (χ3n) is 3.15. The summed E-state index contributed by atoms with van der Waals surface area (Å²) in [5.41, 5.74) is 0.585. The van der Waals surface area contributed by atoms with E-state index in [0.29, 0.717) is 17.0 Å².